The molecule has 0 bridgehead atoms. The van der Waals surface area contributed by atoms with Crippen molar-refractivity contribution in [2.45, 2.75) is 39.2 Å². The summed E-state index contributed by atoms with van der Waals surface area (Å²) >= 11 is 0. The van der Waals surface area contributed by atoms with E-state index in [1.165, 1.54) is 12.1 Å². The van der Waals surface area contributed by atoms with E-state index in [1.54, 1.807) is 24.2 Å². The van der Waals surface area contributed by atoms with E-state index in [2.05, 4.69) is 17.1 Å². The summed E-state index contributed by atoms with van der Waals surface area (Å²) in [6.07, 6.45) is 3.37. The first-order valence-corrected chi connectivity index (χ1v) is 8.43. The molecule has 1 aromatic heterocycles. The van der Waals surface area contributed by atoms with Crippen LogP contribution in [0.1, 0.15) is 47.4 Å². The van der Waals surface area contributed by atoms with Crippen LogP contribution in [-0.2, 0) is 6.54 Å². The minimum absolute atomic E-state index is 0.0557. The number of hydrogen-bond donors (Lipinski definition) is 0. The largest absolute Gasteiger partial charge is 0.339 e. The highest BCUT2D eigenvalue weighted by molar-refractivity contribution is 5.96. The number of piperidine rings is 1. The van der Waals surface area contributed by atoms with Gasteiger partial charge in [0.15, 0.2) is 0 Å². The van der Waals surface area contributed by atoms with E-state index in [4.69, 9.17) is 0 Å². The molecule has 2 aromatic rings. The van der Waals surface area contributed by atoms with Crippen molar-refractivity contribution in [1.82, 2.24) is 19.7 Å². The number of nitro groups is 1. The highest BCUT2D eigenvalue weighted by Gasteiger charge is 2.28. The van der Waals surface area contributed by atoms with Gasteiger partial charge in [-0.15, -0.1) is 10.2 Å². The smallest absolute Gasteiger partial charge is 0.270 e. The zero-order chi connectivity index (χ0) is 18.0. The lowest BCUT2D eigenvalue weighted by molar-refractivity contribution is -0.384. The second kappa shape index (κ2) is 7.00. The molecule has 1 aliphatic rings. The summed E-state index contributed by atoms with van der Waals surface area (Å²) in [6, 6.07) is 4.43. The van der Waals surface area contributed by atoms with Crippen molar-refractivity contribution in [2.24, 2.45) is 0 Å². The minimum atomic E-state index is -0.472. The maximum Gasteiger partial charge on any atom is 0.270 e. The maximum atomic E-state index is 12.8. The number of benzene rings is 1. The van der Waals surface area contributed by atoms with Crippen LogP contribution >= 0.6 is 0 Å². The van der Waals surface area contributed by atoms with Gasteiger partial charge in [-0.1, -0.05) is 6.07 Å². The quantitative estimate of drug-likeness (QED) is 0.628. The molecule has 1 saturated heterocycles. The van der Waals surface area contributed by atoms with Crippen LogP contribution in [0.2, 0.25) is 0 Å². The Morgan fingerprint density at radius 3 is 2.72 bits per heavy atom. The highest BCUT2D eigenvalue weighted by Crippen LogP contribution is 2.28. The summed E-state index contributed by atoms with van der Waals surface area (Å²) in [6.45, 7) is 5.91. The van der Waals surface area contributed by atoms with Crippen molar-refractivity contribution in [3.05, 3.63) is 51.6 Å². The first-order chi connectivity index (χ1) is 12.0. The summed E-state index contributed by atoms with van der Waals surface area (Å²) in [5.41, 5.74) is 1.10. The van der Waals surface area contributed by atoms with Gasteiger partial charge < -0.3 is 9.47 Å². The number of non-ortho nitro benzene ring substituents is 1. The number of rotatable bonds is 4. The molecule has 1 fully saturated rings. The van der Waals surface area contributed by atoms with E-state index in [9.17, 15) is 14.9 Å². The number of hydrogen-bond acceptors (Lipinski definition) is 5. The van der Waals surface area contributed by atoms with Crippen LogP contribution in [0.25, 0.3) is 0 Å². The maximum absolute atomic E-state index is 12.8. The van der Waals surface area contributed by atoms with Crippen LogP contribution in [0.4, 0.5) is 5.69 Å². The molecule has 1 aliphatic heterocycles. The van der Waals surface area contributed by atoms with Gasteiger partial charge in [-0.05, 0) is 32.3 Å². The van der Waals surface area contributed by atoms with Crippen LogP contribution in [0.3, 0.4) is 0 Å². The number of aryl methyl sites for hydroxylation is 2. The van der Waals surface area contributed by atoms with Gasteiger partial charge in [0.1, 0.15) is 12.2 Å². The molecule has 132 valence electrons. The van der Waals surface area contributed by atoms with Crippen molar-refractivity contribution in [2.75, 3.05) is 13.1 Å². The van der Waals surface area contributed by atoms with Crippen molar-refractivity contribution < 1.29 is 9.72 Å². The zero-order valence-electron chi connectivity index (χ0n) is 14.4. The molecule has 0 radical (unpaired) electrons. The van der Waals surface area contributed by atoms with Gasteiger partial charge in [0.25, 0.3) is 11.6 Å². The molecular formula is C17H21N5O3. The van der Waals surface area contributed by atoms with E-state index in [0.717, 1.165) is 30.8 Å². The Bertz CT molecular complexity index is 793. The SMILES string of the molecule is CCn1cnnc1C1CCN(C(=O)c2cc([N+](=O)[O-])ccc2C)CC1. The van der Waals surface area contributed by atoms with Gasteiger partial charge in [0, 0.05) is 43.2 Å². The van der Waals surface area contributed by atoms with Gasteiger partial charge in [-0.2, -0.15) is 0 Å². The zero-order valence-corrected chi connectivity index (χ0v) is 14.4. The lowest BCUT2D eigenvalue weighted by Crippen LogP contribution is -2.38. The monoisotopic (exact) mass is 343 g/mol. The Morgan fingerprint density at radius 2 is 2.08 bits per heavy atom. The van der Waals surface area contributed by atoms with Gasteiger partial charge in [-0.3, -0.25) is 14.9 Å². The van der Waals surface area contributed by atoms with E-state index in [-0.39, 0.29) is 17.5 Å². The lowest BCUT2D eigenvalue weighted by Gasteiger charge is -2.32. The molecule has 1 aromatic carbocycles. The summed E-state index contributed by atoms with van der Waals surface area (Å²) in [4.78, 5) is 25.0. The molecule has 0 N–H and O–H groups in total. The molecule has 0 aliphatic carbocycles. The molecule has 0 unspecified atom stereocenters. The van der Waals surface area contributed by atoms with Gasteiger partial charge in [0.2, 0.25) is 0 Å². The van der Waals surface area contributed by atoms with Crippen molar-refractivity contribution >= 4 is 11.6 Å². The molecular weight excluding hydrogens is 322 g/mol. The summed E-state index contributed by atoms with van der Waals surface area (Å²) in [5.74, 6) is 1.12. The normalized spacial score (nSPS) is 15.4. The Balaban J connectivity index is 1.72. The van der Waals surface area contributed by atoms with Crippen LogP contribution in [0, 0.1) is 17.0 Å². The first-order valence-electron chi connectivity index (χ1n) is 8.43. The predicted octanol–water partition coefficient (Wildman–Crippen LogP) is 2.53. The van der Waals surface area contributed by atoms with Gasteiger partial charge in [0.05, 0.1) is 4.92 Å². The molecule has 2 heterocycles. The molecule has 25 heavy (non-hydrogen) atoms. The van der Waals surface area contributed by atoms with E-state index in [0.29, 0.717) is 18.7 Å². The number of nitrogens with zero attached hydrogens (tertiary/aromatic N) is 5. The van der Waals surface area contributed by atoms with E-state index >= 15 is 0 Å². The number of likely N-dealkylation sites (tertiary alicyclic amines) is 1. The number of carbonyl (C=O) groups is 1. The van der Waals surface area contributed by atoms with Crippen LogP contribution in [0.15, 0.2) is 24.5 Å². The number of amides is 1. The fraction of sp³-hybridized carbons (Fsp3) is 0.471. The molecule has 0 spiro atoms. The molecule has 8 heteroatoms. The highest BCUT2D eigenvalue weighted by atomic mass is 16.6. The minimum Gasteiger partial charge on any atom is -0.339 e. The standard InChI is InChI=1S/C17H21N5O3/c1-3-20-11-18-19-16(20)13-6-8-21(9-7-13)17(23)15-10-14(22(24)25)5-4-12(15)2/h4-5,10-11,13H,3,6-9H2,1-2H3. The van der Waals surface area contributed by atoms with Gasteiger partial charge in [-0.25, -0.2) is 0 Å². The third-order valence-corrected chi connectivity index (χ3v) is 4.80. The molecule has 0 atom stereocenters. The third kappa shape index (κ3) is 3.38. The summed E-state index contributed by atoms with van der Waals surface area (Å²) < 4.78 is 2.03. The van der Waals surface area contributed by atoms with E-state index in [1.807, 2.05) is 4.57 Å². The topological polar surface area (TPSA) is 94.2 Å². The van der Waals surface area contributed by atoms with E-state index < -0.39 is 4.92 Å². The number of aromatic nitrogens is 3. The predicted molar refractivity (Wildman–Crippen MR) is 91.4 cm³/mol. The Kier molecular flexibility index (Phi) is 4.78. The fourth-order valence-corrected chi connectivity index (χ4v) is 3.29. The lowest BCUT2D eigenvalue weighted by atomic mass is 9.95. The molecule has 3 rings (SSSR count). The molecule has 0 saturated carbocycles. The third-order valence-electron chi connectivity index (χ3n) is 4.80. The Labute approximate surface area is 145 Å². The van der Waals surface area contributed by atoms with Crippen molar-refractivity contribution in [3.63, 3.8) is 0 Å². The summed E-state index contributed by atoms with van der Waals surface area (Å²) in [5, 5.41) is 19.2. The van der Waals surface area contributed by atoms with Crippen LogP contribution in [-0.4, -0.2) is 43.6 Å². The molecule has 1 amide bonds. The number of nitro benzene ring substituents is 1. The molecule has 8 nitrogen and oxygen atoms in total. The van der Waals surface area contributed by atoms with Crippen molar-refractivity contribution in [1.29, 1.82) is 0 Å². The second-order valence-electron chi connectivity index (χ2n) is 6.30. The second-order valence-corrected chi connectivity index (χ2v) is 6.30. The number of carbonyl (C=O) groups excluding carboxylic acids is 1. The first kappa shape index (κ1) is 17.1. The average molecular weight is 343 g/mol. The van der Waals surface area contributed by atoms with Crippen molar-refractivity contribution in [3.8, 4) is 0 Å². The van der Waals surface area contributed by atoms with Gasteiger partial charge >= 0.3 is 0 Å². The fourth-order valence-electron chi connectivity index (χ4n) is 3.29. The summed E-state index contributed by atoms with van der Waals surface area (Å²) in [7, 11) is 0. The van der Waals surface area contributed by atoms with Crippen LogP contribution < -0.4 is 0 Å². The Morgan fingerprint density at radius 1 is 1.36 bits per heavy atom. The Hall–Kier alpha value is -2.77. The van der Waals surface area contributed by atoms with Crippen LogP contribution in [0.5, 0.6) is 0 Å². The average Bonchev–Trinajstić information content (AvgIpc) is 3.10.